The van der Waals surface area contributed by atoms with Gasteiger partial charge in [-0.3, -0.25) is 0 Å². The summed E-state index contributed by atoms with van der Waals surface area (Å²) in [5, 5.41) is 5.84. The summed E-state index contributed by atoms with van der Waals surface area (Å²) in [5.74, 6) is -0.451. The summed E-state index contributed by atoms with van der Waals surface area (Å²) in [5.41, 5.74) is 3.29. The Balaban J connectivity index is 1.83. The molecule has 0 aliphatic carbocycles. The van der Waals surface area contributed by atoms with Gasteiger partial charge in [0.05, 0.1) is 11.3 Å². The van der Waals surface area contributed by atoms with E-state index in [1.165, 1.54) is 5.56 Å². The van der Waals surface area contributed by atoms with Gasteiger partial charge < -0.3 is 4.84 Å². The number of hydrogen-bond acceptors (Lipinski definition) is 3. The van der Waals surface area contributed by atoms with Crippen LogP contribution < -0.4 is 0 Å². The maximum Gasteiger partial charge on any atom is 0.366 e. The van der Waals surface area contributed by atoms with Gasteiger partial charge in [-0.2, -0.15) is 0 Å². The molecule has 3 rings (SSSR count). The highest BCUT2D eigenvalue weighted by atomic mass is 16.7. The van der Waals surface area contributed by atoms with Crippen molar-refractivity contribution in [1.29, 1.82) is 0 Å². The van der Waals surface area contributed by atoms with Gasteiger partial charge >= 0.3 is 5.97 Å². The number of aryl methyl sites for hydroxylation is 1. The minimum absolute atomic E-state index is 0.451. The van der Waals surface area contributed by atoms with E-state index in [1.807, 2.05) is 74.5 Å². The molecule has 3 aromatic carbocycles. The van der Waals surface area contributed by atoms with E-state index in [9.17, 15) is 4.79 Å². The van der Waals surface area contributed by atoms with E-state index in [-0.39, 0.29) is 0 Å². The third-order valence-corrected chi connectivity index (χ3v) is 3.74. The number of hydrogen-bond donors (Lipinski definition) is 0. The summed E-state index contributed by atoms with van der Waals surface area (Å²) in [6.07, 6.45) is 0. The van der Waals surface area contributed by atoms with Crippen LogP contribution in [0.15, 0.2) is 71.9 Å². The fourth-order valence-electron chi connectivity index (χ4n) is 2.41. The lowest BCUT2D eigenvalue weighted by Gasteiger charge is -2.05. The number of benzene rings is 3. The summed E-state index contributed by atoms with van der Waals surface area (Å²) < 4.78 is 0. The Hall–Kier alpha value is -2.94. The smallest absolute Gasteiger partial charge is 0.313 e. The molecule has 0 saturated carbocycles. The minimum atomic E-state index is -0.451. The number of nitrogens with zero attached hydrogens (tertiary/aromatic N) is 1. The standard InChI is InChI=1S/C20H17NO2/c1-14-10-12-16(13-11-14)15(2)21-23-20(22)19-9-5-7-17-6-3-4-8-18(17)19/h3-13H,1-2H3/b21-15+. The van der Waals surface area contributed by atoms with Crippen molar-refractivity contribution in [3.05, 3.63) is 83.4 Å². The molecule has 0 saturated heterocycles. The third kappa shape index (κ3) is 3.29. The minimum Gasteiger partial charge on any atom is -0.313 e. The lowest BCUT2D eigenvalue weighted by Crippen LogP contribution is -2.04. The van der Waals surface area contributed by atoms with E-state index in [1.54, 1.807) is 6.07 Å². The van der Waals surface area contributed by atoms with Crippen LogP contribution in [0.25, 0.3) is 10.8 Å². The number of rotatable bonds is 3. The zero-order valence-electron chi connectivity index (χ0n) is 13.1. The molecule has 0 aliphatic heterocycles. The van der Waals surface area contributed by atoms with Gasteiger partial charge in [-0.15, -0.1) is 0 Å². The number of fused-ring (bicyclic) bond motifs is 1. The first-order valence-electron chi connectivity index (χ1n) is 7.46. The average Bonchev–Trinajstić information content (AvgIpc) is 2.59. The van der Waals surface area contributed by atoms with Crippen molar-refractivity contribution in [2.24, 2.45) is 5.16 Å². The van der Waals surface area contributed by atoms with Gasteiger partial charge in [-0.05, 0) is 36.2 Å². The Morgan fingerprint density at radius 3 is 2.39 bits per heavy atom. The van der Waals surface area contributed by atoms with Crippen molar-refractivity contribution in [2.45, 2.75) is 13.8 Å². The van der Waals surface area contributed by atoms with Crippen LogP contribution in [0.3, 0.4) is 0 Å². The van der Waals surface area contributed by atoms with Crippen molar-refractivity contribution in [1.82, 2.24) is 0 Å². The molecule has 3 heteroatoms. The third-order valence-electron chi connectivity index (χ3n) is 3.74. The molecule has 3 aromatic rings. The van der Waals surface area contributed by atoms with Gasteiger partial charge in [0, 0.05) is 0 Å². The molecule has 0 radical (unpaired) electrons. The quantitative estimate of drug-likeness (QED) is 0.398. The molecule has 0 atom stereocenters. The highest BCUT2D eigenvalue weighted by Gasteiger charge is 2.11. The van der Waals surface area contributed by atoms with Crippen LogP contribution in [-0.4, -0.2) is 11.7 Å². The van der Waals surface area contributed by atoms with Crippen LogP contribution in [0, 0.1) is 6.92 Å². The lowest BCUT2D eigenvalue weighted by atomic mass is 10.1. The summed E-state index contributed by atoms with van der Waals surface area (Å²) in [4.78, 5) is 17.5. The normalized spacial score (nSPS) is 11.5. The molecule has 0 spiro atoms. The van der Waals surface area contributed by atoms with E-state index in [4.69, 9.17) is 4.84 Å². The monoisotopic (exact) mass is 303 g/mol. The molecule has 0 N–H and O–H groups in total. The Bertz CT molecular complexity index is 874. The van der Waals surface area contributed by atoms with Crippen molar-refractivity contribution >= 4 is 22.5 Å². The van der Waals surface area contributed by atoms with E-state index in [0.29, 0.717) is 11.3 Å². The molecule has 0 fully saturated rings. The van der Waals surface area contributed by atoms with Crippen molar-refractivity contribution in [3.63, 3.8) is 0 Å². The molecule has 0 bridgehead atoms. The van der Waals surface area contributed by atoms with Crippen LogP contribution in [0.5, 0.6) is 0 Å². The second-order valence-corrected chi connectivity index (χ2v) is 5.45. The van der Waals surface area contributed by atoms with Crippen LogP contribution >= 0.6 is 0 Å². The summed E-state index contributed by atoms with van der Waals surface area (Å²) in [6, 6.07) is 21.2. The Labute approximate surface area is 135 Å². The summed E-state index contributed by atoms with van der Waals surface area (Å²) in [7, 11) is 0. The van der Waals surface area contributed by atoms with Gasteiger partial charge in [0.2, 0.25) is 0 Å². The maximum atomic E-state index is 12.3. The molecular weight excluding hydrogens is 286 g/mol. The first-order chi connectivity index (χ1) is 11.1. The van der Waals surface area contributed by atoms with Gasteiger partial charge in [0.15, 0.2) is 0 Å². The van der Waals surface area contributed by atoms with E-state index in [2.05, 4.69) is 5.16 Å². The zero-order chi connectivity index (χ0) is 16.2. The van der Waals surface area contributed by atoms with Gasteiger partial charge in [-0.1, -0.05) is 71.4 Å². The Morgan fingerprint density at radius 1 is 0.913 bits per heavy atom. The van der Waals surface area contributed by atoms with E-state index < -0.39 is 5.97 Å². The first kappa shape index (κ1) is 15.0. The number of oxime groups is 1. The molecule has 23 heavy (non-hydrogen) atoms. The van der Waals surface area contributed by atoms with Crippen molar-refractivity contribution in [2.75, 3.05) is 0 Å². The molecule has 3 nitrogen and oxygen atoms in total. The average molecular weight is 303 g/mol. The first-order valence-corrected chi connectivity index (χ1v) is 7.46. The maximum absolute atomic E-state index is 12.3. The van der Waals surface area contributed by atoms with Gasteiger partial charge in [-0.25, -0.2) is 4.79 Å². The Morgan fingerprint density at radius 2 is 1.61 bits per heavy atom. The van der Waals surface area contributed by atoms with Crippen LogP contribution in [0.2, 0.25) is 0 Å². The van der Waals surface area contributed by atoms with Gasteiger partial charge in [0.25, 0.3) is 0 Å². The van der Waals surface area contributed by atoms with Crippen molar-refractivity contribution < 1.29 is 9.63 Å². The van der Waals surface area contributed by atoms with Gasteiger partial charge in [0.1, 0.15) is 0 Å². The topological polar surface area (TPSA) is 38.7 Å². The molecule has 0 heterocycles. The number of carbonyl (C=O) groups excluding carboxylic acids is 1. The summed E-state index contributed by atoms with van der Waals surface area (Å²) in [6.45, 7) is 3.85. The molecule has 0 amide bonds. The molecular formula is C20H17NO2. The second kappa shape index (κ2) is 6.44. The lowest BCUT2D eigenvalue weighted by molar-refractivity contribution is 0.0519. The van der Waals surface area contributed by atoms with E-state index in [0.717, 1.165) is 16.3 Å². The largest absolute Gasteiger partial charge is 0.366 e. The van der Waals surface area contributed by atoms with Crippen LogP contribution in [-0.2, 0) is 4.84 Å². The molecule has 0 aliphatic rings. The zero-order valence-corrected chi connectivity index (χ0v) is 13.1. The molecule has 114 valence electrons. The van der Waals surface area contributed by atoms with E-state index >= 15 is 0 Å². The fraction of sp³-hybridized carbons (Fsp3) is 0.100. The second-order valence-electron chi connectivity index (χ2n) is 5.45. The molecule has 0 aromatic heterocycles. The van der Waals surface area contributed by atoms with Crippen molar-refractivity contribution in [3.8, 4) is 0 Å². The number of carbonyl (C=O) groups is 1. The predicted octanol–water partition coefficient (Wildman–Crippen LogP) is 4.73. The van der Waals surface area contributed by atoms with Crippen LogP contribution in [0.1, 0.15) is 28.4 Å². The Kier molecular flexibility index (Phi) is 4.20. The SMILES string of the molecule is C/C(=N\OC(=O)c1cccc2ccccc12)c1ccc(C)cc1. The highest BCUT2D eigenvalue weighted by Crippen LogP contribution is 2.19. The van der Waals surface area contributed by atoms with Crippen LogP contribution in [0.4, 0.5) is 0 Å². The molecule has 0 unspecified atom stereocenters. The highest BCUT2D eigenvalue weighted by molar-refractivity contribution is 6.05. The summed E-state index contributed by atoms with van der Waals surface area (Å²) >= 11 is 0. The fourth-order valence-corrected chi connectivity index (χ4v) is 2.41. The predicted molar refractivity (Wildman–Crippen MR) is 92.8 cm³/mol.